The van der Waals surface area contributed by atoms with Crippen molar-refractivity contribution in [1.82, 2.24) is 9.80 Å². The van der Waals surface area contributed by atoms with E-state index < -0.39 is 5.82 Å². The lowest BCUT2D eigenvalue weighted by atomic mass is 10.1. The number of hydrogen-bond acceptors (Lipinski definition) is 3. The van der Waals surface area contributed by atoms with Crippen LogP contribution in [-0.4, -0.2) is 54.7 Å². The van der Waals surface area contributed by atoms with Crippen molar-refractivity contribution in [2.24, 2.45) is 0 Å². The van der Waals surface area contributed by atoms with Crippen LogP contribution in [0.3, 0.4) is 0 Å². The van der Waals surface area contributed by atoms with E-state index in [-0.39, 0.29) is 24.8 Å². The molecule has 1 saturated heterocycles. The smallest absolute Gasteiger partial charge is 0.236 e. The van der Waals surface area contributed by atoms with Crippen molar-refractivity contribution in [2.75, 3.05) is 33.2 Å². The predicted octanol–water partition coefficient (Wildman–Crippen LogP) is 1.17. The normalized spacial score (nSPS) is 17.4. The largest absolute Gasteiger partial charge is 0.345 e. The van der Waals surface area contributed by atoms with Crippen LogP contribution in [0.1, 0.15) is 16.8 Å². The highest BCUT2D eigenvalue weighted by Crippen LogP contribution is 2.08. The van der Waals surface area contributed by atoms with Crippen LogP contribution < -0.4 is 0 Å². The molecule has 1 amide bonds. The Morgan fingerprint density at radius 1 is 1.37 bits per heavy atom. The van der Waals surface area contributed by atoms with Crippen molar-refractivity contribution in [2.45, 2.75) is 6.42 Å². The molecule has 1 aromatic rings. The molecule has 4 nitrogen and oxygen atoms in total. The number of amides is 1. The van der Waals surface area contributed by atoms with Gasteiger partial charge in [0.25, 0.3) is 0 Å². The van der Waals surface area contributed by atoms with Gasteiger partial charge in [0, 0.05) is 25.7 Å². The molecule has 0 bridgehead atoms. The molecule has 0 aliphatic carbocycles. The Kier molecular flexibility index (Phi) is 4.27. The van der Waals surface area contributed by atoms with Crippen LogP contribution in [0.5, 0.6) is 0 Å². The fraction of sp³-hybridized carbons (Fsp3) is 0.429. The number of likely N-dealkylation sites (N-methyl/N-ethyl adjacent to an activating group) is 1. The summed E-state index contributed by atoms with van der Waals surface area (Å²) in [5.41, 5.74) is 0.352. The van der Waals surface area contributed by atoms with Crippen LogP contribution in [0, 0.1) is 5.82 Å². The Balaban J connectivity index is 2.00. The lowest BCUT2D eigenvalue weighted by molar-refractivity contribution is -0.129. The molecule has 0 N–H and O–H groups in total. The van der Waals surface area contributed by atoms with Crippen molar-refractivity contribution < 1.29 is 14.0 Å². The van der Waals surface area contributed by atoms with Gasteiger partial charge in [0.2, 0.25) is 5.91 Å². The number of rotatable bonds is 3. The van der Waals surface area contributed by atoms with Crippen molar-refractivity contribution in [3.63, 3.8) is 0 Å². The average molecular weight is 264 g/mol. The highest BCUT2D eigenvalue weighted by molar-refractivity contribution is 5.97. The van der Waals surface area contributed by atoms with Gasteiger partial charge >= 0.3 is 0 Å². The maximum atomic E-state index is 13.1. The molecule has 0 saturated carbocycles. The molecule has 1 aliphatic heterocycles. The fourth-order valence-corrected chi connectivity index (χ4v) is 2.14. The molecule has 1 aliphatic rings. The summed E-state index contributed by atoms with van der Waals surface area (Å²) in [5, 5.41) is 0. The lowest BCUT2D eigenvalue weighted by Crippen LogP contribution is -2.37. The van der Waals surface area contributed by atoms with Crippen molar-refractivity contribution in [1.29, 1.82) is 0 Å². The molecule has 1 heterocycles. The van der Waals surface area contributed by atoms with Gasteiger partial charge in [-0.3, -0.25) is 14.5 Å². The van der Waals surface area contributed by atoms with Gasteiger partial charge in [-0.25, -0.2) is 4.39 Å². The summed E-state index contributed by atoms with van der Waals surface area (Å²) in [4.78, 5) is 27.2. The summed E-state index contributed by atoms with van der Waals surface area (Å²) in [6.07, 6.45) is 0.846. The minimum atomic E-state index is -0.419. The van der Waals surface area contributed by atoms with E-state index in [4.69, 9.17) is 0 Å². The minimum Gasteiger partial charge on any atom is -0.345 e. The summed E-state index contributed by atoms with van der Waals surface area (Å²) in [5.74, 6) is -0.557. The molecule has 5 heteroatoms. The van der Waals surface area contributed by atoms with E-state index >= 15 is 0 Å². The zero-order chi connectivity index (χ0) is 13.8. The maximum Gasteiger partial charge on any atom is 0.236 e. The maximum absolute atomic E-state index is 13.1. The van der Waals surface area contributed by atoms with E-state index in [1.54, 1.807) is 18.0 Å². The zero-order valence-corrected chi connectivity index (χ0v) is 10.9. The summed E-state index contributed by atoms with van der Waals surface area (Å²) in [7, 11) is 1.76. The SMILES string of the molecule is CN1CCCN(CC(=O)c2cccc(F)c2)CC1=O. The molecule has 2 rings (SSSR count). The van der Waals surface area contributed by atoms with Gasteiger partial charge in [0.15, 0.2) is 5.78 Å². The summed E-state index contributed by atoms with van der Waals surface area (Å²) in [6, 6.07) is 5.65. The van der Waals surface area contributed by atoms with E-state index in [9.17, 15) is 14.0 Å². The molecule has 102 valence electrons. The van der Waals surface area contributed by atoms with Crippen LogP contribution in [0.15, 0.2) is 24.3 Å². The number of nitrogens with zero attached hydrogens (tertiary/aromatic N) is 2. The van der Waals surface area contributed by atoms with E-state index in [1.807, 2.05) is 4.90 Å². The van der Waals surface area contributed by atoms with Crippen LogP contribution in [0.25, 0.3) is 0 Å². The third-order valence-corrected chi connectivity index (χ3v) is 3.27. The van der Waals surface area contributed by atoms with E-state index in [0.29, 0.717) is 18.7 Å². The fourth-order valence-electron chi connectivity index (χ4n) is 2.14. The van der Waals surface area contributed by atoms with Crippen LogP contribution in [0.4, 0.5) is 4.39 Å². The van der Waals surface area contributed by atoms with Crippen molar-refractivity contribution >= 4 is 11.7 Å². The number of carbonyl (C=O) groups excluding carboxylic acids is 2. The number of benzene rings is 1. The first kappa shape index (κ1) is 13.7. The molecule has 0 aromatic heterocycles. The third kappa shape index (κ3) is 3.61. The van der Waals surface area contributed by atoms with Gasteiger partial charge in [-0.2, -0.15) is 0 Å². The van der Waals surface area contributed by atoms with Crippen LogP contribution in [-0.2, 0) is 4.79 Å². The van der Waals surface area contributed by atoms with Gasteiger partial charge in [-0.15, -0.1) is 0 Å². The monoisotopic (exact) mass is 264 g/mol. The minimum absolute atomic E-state index is 0.0181. The number of carbonyl (C=O) groups is 2. The molecule has 0 atom stereocenters. The van der Waals surface area contributed by atoms with Gasteiger partial charge in [-0.05, 0) is 18.6 Å². The highest BCUT2D eigenvalue weighted by atomic mass is 19.1. The Labute approximate surface area is 111 Å². The number of ketones is 1. The molecular weight excluding hydrogens is 247 g/mol. The van der Waals surface area contributed by atoms with Gasteiger partial charge in [-0.1, -0.05) is 12.1 Å². The Hall–Kier alpha value is -1.75. The second kappa shape index (κ2) is 5.93. The molecule has 0 unspecified atom stereocenters. The van der Waals surface area contributed by atoms with Crippen LogP contribution in [0.2, 0.25) is 0 Å². The predicted molar refractivity (Wildman–Crippen MR) is 69.4 cm³/mol. The Bertz CT molecular complexity index is 490. The Morgan fingerprint density at radius 2 is 2.16 bits per heavy atom. The topological polar surface area (TPSA) is 40.6 Å². The summed E-state index contributed by atoms with van der Waals surface area (Å²) < 4.78 is 13.1. The molecule has 1 aromatic carbocycles. The standard InChI is InChI=1S/C14H17FN2O2/c1-16-6-3-7-17(10-14(16)19)9-13(18)11-4-2-5-12(15)8-11/h2,4-5,8H,3,6-7,9-10H2,1H3. The van der Waals surface area contributed by atoms with E-state index in [1.165, 1.54) is 18.2 Å². The van der Waals surface area contributed by atoms with Crippen LogP contribution >= 0.6 is 0 Å². The first-order chi connectivity index (χ1) is 9.06. The second-order valence-electron chi connectivity index (χ2n) is 4.81. The highest BCUT2D eigenvalue weighted by Gasteiger charge is 2.21. The third-order valence-electron chi connectivity index (χ3n) is 3.27. The summed E-state index contributed by atoms with van der Waals surface area (Å²) >= 11 is 0. The van der Waals surface area contributed by atoms with E-state index in [0.717, 1.165) is 6.42 Å². The average Bonchev–Trinajstić information content (AvgIpc) is 2.52. The van der Waals surface area contributed by atoms with Gasteiger partial charge in [0.1, 0.15) is 5.82 Å². The molecule has 1 fully saturated rings. The lowest BCUT2D eigenvalue weighted by Gasteiger charge is -2.18. The zero-order valence-electron chi connectivity index (χ0n) is 10.9. The first-order valence-corrected chi connectivity index (χ1v) is 6.31. The number of halogens is 1. The molecular formula is C14H17FN2O2. The van der Waals surface area contributed by atoms with Gasteiger partial charge < -0.3 is 4.90 Å². The van der Waals surface area contributed by atoms with Gasteiger partial charge in [0.05, 0.1) is 13.1 Å². The first-order valence-electron chi connectivity index (χ1n) is 6.31. The molecule has 19 heavy (non-hydrogen) atoms. The van der Waals surface area contributed by atoms with Crippen molar-refractivity contribution in [3.8, 4) is 0 Å². The Morgan fingerprint density at radius 3 is 2.89 bits per heavy atom. The molecule has 0 radical (unpaired) electrons. The number of Topliss-reactive ketones (excluding diaryl/α,β-unsaturated/α-hetero) is 1. The summed E-state index contributed by atoms with van der Waals surface area (Å²) in [6.45, 7) is 1.82. The number of hydrogen-bond donors (Lipinski definition) is 0. The van der Waals surface area contributed by atoms with E-state index in [2.05, 4.69) is 0 Å². The molecule has 0 spiro atoms. The second-order valence-corrected chi connectivity index (χ2v) is 4.81. The van der Waals surface area contributed by atoms with Crippen molar-refractivity contribution in [3.05, 3.63) is 35.6 Å². The quantitative estimate of drug-likeness (QED) is 0.770.